The number of nitrogens with one attached hydrogen (secondary N) is 1. The third-order valence-corrected chi connectivity index (χ3v) is 5.43. The number of benzene rings is 1. The van der Waals surface area contributed by atoms with Crippen LogP contribution in [0.15, 0.2) is 55.0 Å². The molecule has 144 valence electrons. The highest BCUT2D eigenvalue weighted by molar-refractivity contribution is 5.83. The average Bonchev–Trinajstić information content (AvgIpc) is 3.48. The number of aromatic nitrogens is 3. The number of carbonyl (C=O) groups excluding carboxylic acids is 1. The molecular weight excluding hydrogens is 348 g/mol. The number of hydrogen-bond donors (Lipinski definition) is 1. The highest BCUT2D eigenvalue weighted by atomic mass is 16.1. The van der Waals surface area contributed by atoms with Crippen molar-refractivity contribution in [2.45, 2.75) is 45.1 Å². The van der Waals surface area contributed by atoms with Gasteiger partial charge in [0.05, 0.1) is 18.7 Å². The Morgan fingerprint density at radius 1 is 1.18 bits per heavy atom. The molecule has 3 aromatic rings. The Morgan fingerprint density at radius 2 is 1.89 bits per heavy atom. The summed E-state index contributed by atoms with van der Waals surface area (Å²) in [5.74, 6) is 0.472. The fourth-order valence-electron chi connectivity index (χ4n) is 3.56. The smallest absolute Gasteiger partial charge is 0.227 e. The summed E-state index contributed by atoms with van der Waals surface area (Å²) in [6, 6.07) is 12.2. The molecule has 1 aliphatic rings. The lowest BCUT2D eigenvalue weighted by Gasteiger charge is -2.14. The van der Waals surface area contributed by atoms with Crippen LogP contribution in [0.4, 0.5) is 0 Å². The summed E-state index contributed by atoms with van der Waals surface area (Å²) in [6.07, 6.45) is 7.99. The number of hydrogen-bond acceptors (Lipinski definition) is 3. The second-order valence-electron chi connectivity index (χ2n) is 7.60. The number of nitrogens with zero attached hydrogens (tertiary/aromatic N) is 3. The molecule has 1 fully saturated rings. The van der Waals surface area contributed by atoms with Gasteiger partial charge in [0.1, 0.15) is 0 Å². The largest absolute Gasteiger partial charge is 0.354 e. The van der Waals surface area contributed by atoms with E-state index in [1.54, 1.807) is 0 Å². The summed E-state index contributed by atoms with van der Waals surface area (Å²) in [5.41, 5.74) is 5.87. The van der Waals surface area contributed by atoms with Crippen molar-refractivity contribution in [1.82, 2.24) is 20.1 Å². The minimum Gasteiger partial charge on any atom is -0.354 e. The molecule has 5 nitrogen and oxygen atoms in total. The van der Waals surface area contributed by atoms with Gasteiger partial charge in [-0.25, -0.2) is 0 Å². The van der Waals surface area contributed by atoms with E-state index in [9.17, 15) is 4.79 Å². The minimum atomic E-state index is -0.159. The first-order valence-corrected chi connectivity index (χ1v) is 9.94. The maximum atomic E-state index is 12.5. The lowest BCUT2D eigenvalue weighted by Crippen LogP contribution is -2.31. The molecule has 2 heterocycles. The van der Waals surface area contributed by atoms with Crippen LogP contribution in [0.1, 0.15) is 48.4 Å². The Balaban J connectivity index is 1.41. The summed E-state index contributed by atoms with van der Waals surface area (Å²) in [4.78, 5) is 16.6. The van der Waals surface area contributed by atoms with Gasteiger partial charge in [-0.15, -0.1) is 0 Å². The average molecular weight is 374 g/mol. The topological polar surface area (TPSA) is 59.8 Å². The van der Waals surface area contributed by atoms with Crippen molar-refractivity contribution in [2.75, 3.05) is 6.54 Å². The predicted octanol–water partition coefficient (Wildman–Crippen LogP) is 4.05. The van der Waals surface area contributed by atoms with Gasteiger partial charge < -0.3 is 5.32 Å². The van der Waals surface area contributed by atoms with Gasteiger partial charge in [-0.05, 0) is 49.9 Å². The zero-order valence-corrected chi connectivity index (χ0v) is 16.4. The van der Waals surface area contributed by atoms with Gasteiger partial charge in [0.15, 0.2) is 0 Å². The van der Waals surface area contributed by atoms with Crippen molar-refractivity contribution in [3.8, 4) is 11.1 Å². The lowest BCUT2D eigenvalue weighted by atomic mass is 9.99. The zero-order valence-electron chi connectivity index (χ0n) is 16.4. The van der Waals surface area contributed by atoms with Gasteiger partial charge in [-0.1, -0.05) is 29.8 Å². The highest BCUT2D eigenvalue weighted by Crippen LogP contribution is 2.44. The summed E-state index contributed by atoms with van der Waals surface area (Å²) in [5, 5.41) is 7.68. The molecule has 2 aromatic heterocycles. The molecular formula is C23H26N4O. The normalized spacial score (nSPS) is 14.6. The number of amides is 1. The van der Waals surface area contributed by atoms with Crippen molar-refractivity contribution in [3.05, 3.63) is 71.8 Å². The van der Waals surface area contributed by atoms with E-state index in [-0.39, 0.29) is 11.8 Å². The molecule has 1 N–H and O–H groups in total. The molecule has 0 unspecified atom stereocenters. The van der Waals surface area contributed by atoms with Crippen LogP contribution in [0.2, 0.25) is 0 Å². The van der Waals surface area contributed by atoms with E-state index < -0.39 is 0 Å². The number of rotatable bonds is 7. The van der Waals surface area contributed by atoms with Crippen molar-refractivity contribution < 1.29 is 4.79 Å². The molecule has 1 atom stereocenters. The Hall–Kier alpha value is -2.95. The van der Waals surface area contributed by atoms with E-state index >= 15 is 0 Å². The van der Waals surface area contributed by atoms with Gasteiger partial charge in [0, 0.05) is 36.1 Å². The van der Waals surface area contributed by atoms with Crippen LogP contribution in [0.25, 0.3) is 11.1 Å². The van der Waals surface area contributed by atoms with Crippen molar-refractivity contribution >= 4 is 5.91 Å². The van der Waals surface area contributed by atoms with Gasteiger partial charge in [-0.3, -0.25) is 14.5 Å². The van der Waals surface area contributed by atoms with Crippen LogP contribution < -0.4 is 5.32 Å². The van der Waals surface area contributed by atoms with Crippen LogP contribution >= 0.6 is 0 Å². The molecule has 0 bridgehead atoms. The number of carbonyl (C=O) groups is 1. The Morgan fingerprint density at radius 3 is 2.57 bits per heavy atom. The Labute approximate surface area is 165 Å². The molecule has 0 radical (unpaired) electrons. The Bertz CT molecular complexity index is 942. The first kappa shape index (κ1) is 18.4. The third-order valence-electron chi connectivity index (χ3n) is 5.43. The third kappa shape index (κ3) is 3.98. The first-order chi connectivity index (χ1) is 13.6. The van der Waals surface area contributed by atoms with Gasteiger partial charge in [0.25, 0.3) is 0 Å². The van der Waals surface area contributed by atoms with Crippen molar-refractivity contribution in [2.24, 2.45) is 0 Å². The number of aryl methyl sites for hydroxylation is 1. The SMILES string of the molecule is Cc1ccc([C@H](C)C(=O)NCCn2ncc(-c3ccncc3)c2C2CC2)cc1. The molecule has 28 heavy (non-hydrogen) atoms. The summed E-state index contributed by atoms with van der Waals surface area (Å²) >= 11 is 0. The van der Waals surface area contributed by atoms with Crippen LogP contribution in [0.3, 0.4) is 0 Å². The fraction of sp³-hybridized carbons (Fsp3) is 0.348. The van der Waals surface area contributed by atoms with E-state index in [1.807, 2.05) is 61.9 Å². The van der Waals surface area contributed by atoms with E-state index in [2.05, 4.69) is 27.0 Å². The van der Waals surface area contributed by atoms with E-state index in [1.165, 1.54) is 29.7 Å². The minimum absolute atomic E-state index is 0.0540. The first-order valence-electron chi connectivity index (χ1n) is 9.94. The van der Waals surface area contributed by atoms with Crippen LogP contribution in [0, 0.1) is 6.92 Å². The molecule has 5 heteroatoms. The molecule has 0 saturated heterocycles. The quantitative estimate of drug-likeness (QED) is 0.679. The lowest BCUT2D eigenvalue weighted by molar-refractivity contribution is -0.122. The molecule has 0 spiro atoms. The summed E-state index contributed by atoms with van der Waals surface area (Å²) in [7, 11) is 0. The van der Waals surface area contributed by atoms with Crippen LogP contribution in [-0.2, 0) is 11.3 Å². The maximum absolute atomic E-state index is 12.5. The second kappa shape index (κ2) is 7.97. The number of pyridine rings is 1. The van der Waals surface area contributed by atoms with E-state index in [4.69, 9.17) is 0 Å². The van der Waals surface area contributed by atoms with Crippen LogP contribution in [-0.4, -0.2) is 27.2 Å². The molecule has 1 saturated carbocycles. The van der Waals surface area contributed by atoms with Gasteiger partial charge >= 0.3 is 0 Å². The molecule has 1 aliphatic carbocycles. The summed E-state index contributed by atoms with van der Waals surface area (Å²) < 4.78 is 2.06. The van der Waals surface area contributed by atoms with E-state index in [0.29, 0.717) is 19.0 Å². The second-order valence-corrected chi connectivity index (χ2v) is 7.60. The fourth-order valence-corrected chi connectivity index (χ4v) is 3.56. The molecule has 4 rings (SSSR count). The van der Waals surface area contributed by atoms with E-state index in [0.717, 1.165) is 11.1 Å². The van der Waals surface area contributed by atoms with Crippen LogP contribution in [0.5, 0.6) is 0 Å². The molecule has 1 amide bonds. The zero-order chi connectivity index (χ0) is 19.5. The summed E-state index contributed by atoms with van der Waals surface area (Å²) in [6.45, 7) is 5.26. The molecule has 1 aromatic carbocycles. The Kier molecular flexibility index (Phi) is 5.24. The maximum Gasteiger partial charge on any atom is 0.227 e. The monoisotopic (exact) mass is 374 g/mol. The van der Waals surface area contributed by atoms with Gasteiger partial charge in [0.2, 0.25) is 5.91 Å². The predicted molar refractivity (Wildman–Crippen MR) is 110 cm³/mol. The van der Waals surface area contributed by atoms with Crippen molar-refractivity contribution in [3.63, 3.8) is 0 Å². The standard InChI is InChI=1S/C23H26N4O/c1-16-3-5-18(6-4-16)17(2)23(28)25-13-14-27-22(20-7-8-20)21(15-26-27)19-9-11-24-12-10-19/h3-6,9-12,15,17,20H,7-8,13-14H2,1-2H3,(H,25,28)/t17-/m0/s1. The highest BCUT2D eigenvalue weighted by Gasteiger charge is 2.30. The molecule has 0 aliphatic heterocycles. The van der Waals surface area contributed by atoms with Gasteiger partial charge in [-0.2, -0.15) is 5.10 Å². The van der Waals surface area contributed by atoms with Crippen molar-refractivity contribution in [1.29, 1.82) is 0 Å².